The van der Waals surface area contributed by atoms with Gasteiger partial charge in [-0.15, -0.1) is 0 Å². The topological polar surface area (TPSA) is 53.5 Å². The third-order valence-corrected chi connectivity index (χ3v) is 3.66. The highest BCUT2D eigenvalue weighted by molar-refractivity contribution is 5.42. The second-order valence-corrected chi connectivity index (χ2v) is 5.11. The molecule has 0 radical (unpaired) electrons. The SMILES string of the molecule is COc1ccc2c(c1)OC[C@H](Cc1cc(OC)ncn1)C2. The van der Waals surface area contributed by atoms with Crippen LogP contribution in [0.25, 0.3) is 0 Å². The first-order valence-electron chi connectivity index (χ1n) is 6.93. The Morgan fingerprint density at radius 2 is 2.10 bits per heavy atom. The van der Waals surface area contributed by atoms with Crippen molar-refractivity contribution in [2.24, 2.45) is 5.92 Å². The van der Waals surface area contributed by atoms with Crippen molar-refractivity contribution in [1.82, 2.24) is 9.97 Å². The maximum absolute atomic E-state index is 5.85. The number of methoxy groups -OCH3 is 2. The Morgan fingerprint density at radius 3 is 2.90 bits per heavy atom. The highest BCUT2D eigenvalue weighted by Gasteiger charge is 2.21. The molecular weight excluding hydrogens is 268 g/mol. The van der Waals surface area contributed by atoms with Gasteiger partial charge in [-0.25, -0.2) is 9.97 Å². The van der Waals surface area contributed by atoms with Crippen LogP contribution >= 0.6 is 0 Å². The molecule has 2 heterocycles. The Hall–Kier alpha value is -2.30. The van der Waals surface area contributed by atoms with E-state index in [-0.39, 0.29) is 0 Å². The second kappa shape index (κ2) is 5.99. The molecule has 0 fully saturated rings. The van der Waals surface area contributed by atoms with Crippen molar-refractivity contribution in [1.29, 1.82) is 0 Å². The monoisotopic (exact) mass is 286 g/mol. The molecule has 5 heteroatoms. The van der Waals surface area contributed by atoms with Gasteiger partial charge < -0.3 is 14.2 Å². The van der Waals surface area contributed by atoms with Crippen molar-refractivity contribution < 1.29 is 14.2 Å². The Labute approximate surface area is 123 Å². The first-order chi connectivity index (χ1) is 10.3. The summed E-state index contributed by atoms with van der Waals surface area (Å²) in [6.45, 7) is 0.687. The van der Waals surface area contributed by atoms with E-state index in [0.717, 1.165) is 30.0 Å². The van der Waals surface area contributed by atoms with E-state index in [1.54, 1.807) is 14.2 Å². The van der Waals surface area contributed by atoms with Gasteiger partial charge in [-0.3, -0.25) is 0 Å². The second-order valence-electron chi connectivity index (χ2n) is 5.11. The van der Waals surface area contributed by atoms with Crippen molar-refractivity contribution in [3.63, 3.8) is 0 Å². The molecule has 1 aliphatic heterocycles. The number of hydrogen-bond donors (Lipinski definition) is 0. The van der Waals surface area contributed by atoms with Crippen molar-refractivity contribution >= 4 is 0 Å². The fourth-order valence-electron chi connectivity index (χ4n) is 2.57. The van der Waals surface area contributed by atoms with E-state index >= 15 is 0 Å². The van der Waals surface area contributed by atoms with Crippen LogP contribution in [0.15, 0.2) is 30.6 Å². The summed E-state index contributed by atoms with van der Waals surface area (Å²) in [7, 11) is 3.27. The van der Waals surface area contributed by atoms with Crippen LogP contribution in [0, 0.1) is 5.92 Å². The Kier molecular flexibility index (Phi) is 3.90. The summed E-state index contributed by atoms with van der Waals surface area (Å²) >= 11 is 0. The smallest absolute Gasteiger partial charge is 0.216 e. The summed E-state index contributed by atoms with van der Waals surface area (Å²) in [5, 5.41) is 0. The maximum atomic E-state index is 5.85. The lowest BCUT2D eigenvalue weighted by molar-refractivity contribution is 0.219. The van der Waals surface area contributed by atoms with Crippen molar-refractivity contribution in [2.45, 2.75) is 12.8 Å². The molecule has 2 aromatic rings. The summed E-state index contributed by atoms with van der Waals surface area (Å²) < 4.78 is 16.2. The number of nitrogens with zero attached hydrogens (tertiary/aromatic N) is 2. The van der Waals surface area contributed by atoms with E-state index in [1.165, 1.54) is 11.9 Å². The molecule has 0 bridgehead atoms. The lowest BCUT2D eigenvalue weighted by Gasteiger charge is -2.25. The fraction of sp³-hybridized carbons (Fsp3) is 0.375. The van der Waals surface area contributed by atoms with Crippen LogP contribution in [0.4, 0.5) is 0 Å². The summed E-state index contributed by atoms with van der Waals surface area (Å²) in [4.78, 5) is 8.33. The van der Waals surface area contributed by atoms with Crippen LogP contribution in [0.5, 0.6) is 17.4 Å². The molecule has 0 aliphatic carbocycles. The molecule has 110 valence electrons. The van der Waals surface area contributed by atoms with Crippen LogP contribution in [-0.2, 0) is 12.8 Å². The predicted molar refractivity (Wildman–Crippen MR) is 78.0 cm³/mol. The number of ether oxygens (including phenoxy) is 3. The van der Waals surface area contributed by atoms with Gasteiger partial charge in [0, 0.05) is 23.7 Å². The molecule has 0 unspecified atom stereocenters. The molecule has 0 spiro atoms. The van der Waals surface area contributed by atoms with Crippen LogP contribution < -0.4 is 14.2 Å². The quantitative estimate of drug-likeness (QED) is 0.863. The fourth-order valence-corrected chi connectivity index (χ4v) is 2.57. The van der Waals surface area contributed by atoms with E-state index in [1.807, 2.05) is 18.2 Å². The van der Waals surface area contributed by atoms with Crippen LogP contribution in [-0.4, -0.2) is 30.8 Å². The normalized spacial score (nSPS) is 16.8. The van der Waals surface area contributed by atoms with E-state index < -0.39 is 0 Å². The van der Waals surface area contributed by atoms with Gasteiger partial charge in [0.2, 0.25) is 5.88 Å². The van der Waals surface area contributed by atoms with E-state index in [9.17, 15) is 0 Å². The highest BCUT2D eigenvalue weighted by atomic mass is 16.5. The van der Waals surface area contributed by atoms with Crippen molar-refractivity contribution in [2.75, 3.05) is 20.8 Å². The number of fused-ring (bicyclic) bond motifs is 1. The number of rotatable bonds is 4. The largest absolute Gasteiger partial charge is 0.497 e. The number of aromatic nitrogens is 2. The first kappa shape index (κ1) is 13.7. The molecule has 0 N–H and O–H groups in total. The average Bonchev–Trinajstić information content (AvgIpc) is 2.54. The van der Waals surface area contributed by atoms with Gasteiger partial charge in [0.1, 0.15) is 17.8 Å². The summed E-state index contributed by atoms with van der Waals surface area (Å²) in [6, 6.07) is 7.86. The predicted octanol–water partition coefficient (Wildman–Crippen LogP) is 2.29. The van der Waals surface area contributed by atoms with Gasteiger partial charge in [0.25, 0.3) is 0 Å². The average molecular weight is 286 g/mol. The van der Waals surface area contributed by atoms with Gasteiger partial charge in [0.15, 0.2) is 0 Å². The van der Waals surface area contributed by atoms with Gasteiger partial charge >= 0.3 is 0 Å². The lowest BCUT2D eigenvalue weighted by Crippen LogP contribution is -2.23. The molecule has 21 heavy (non-hydrogen) atoms. The minimum atomic E-state index is 0.408. The maximum Gasteiger partial charge on any atom is 0.216 e. The van der Waals surface area contributed by atoms with Gasteiger partial charge in [-0.2, -0.15) is 0 Å². The van der Waals surface area contributed by atoms with Crippen molar-refractivity contribution in [3.8, 4) is 17.4 Å². The van der Waals surface area contributed by atoms with Gasteiger partial charge in [-0.1, -0.05) is 6.07 Å². The molecule has 0 saturated carbocycles. The van der Waals surface area contributed by atoms with Crippen molar-refractivity contribution in [3.05, 3.63) is 41.9 Å². The molecule has 1 aliphatic rings. The minimum absolute atomic E-state index is 0.408. The summed E-state index contributed by atoms with van der Waals surface area (Å²) in [6.07, 6.45) is 3.37. The zero-order valence-electron chi connectivity index (χ0n) is 12.2. The molecule has 5 nitrogen and oxygen atoms in total. The molecule has 1 aromatic heterocycles. The zero-order valence-corrected chi connectivity index (χ0v) is 12.2. The van der Waals surface area contributed by atoms with Gasteiger partial charge in [0.05, 0.1) is 20.8 Å². The highest BCUT2D eigenvalue weighted by Crippen LogP contribution is 2.32. The van der Waals surface area contributed by atoms with E-state index in [4.69, 9.17) is 14.2 Å². The summed E-state index contributed by atoms with van der Waals surface area (Å²) in [5.74, 6) is 2.76. The standard InChI is InChI=1S/C16H18N2O3/c1-19-14-4-3-12-5-11(9-21-15(12)8-14)6-13-7-16(20-2)18-10-17-13/h3-4,7-8,10-11H,5-6,9H2,1-2H3/t11-/m0/s1. The Balaban J connectivity index is 1.71. The molecule has 3 rings (SSSR count). The number of hydrogen-bond acceptors (Lipinski definition) is 5. The van der Waals surface area contributed by atoms with Gasteiger partial charge in [-0.05, 0) is 24.5 Å². The van der Waals surface area contributed by atoms with E-state index in [0.29, 0.717) is 18.4 Å². The minimum Gasteiger partial charge on any atom is -0.497 e. The lowest BCUT2D eigenvalue weighted by atomic mass is 9.92. The van der Waals surface area contributed by atoms with Crippen LogP contribution in [0.3, 0.4) is 0 Å². The molecule has 0 amide bonds. The first-order valence-corrected chi connectivity index (χ1v) is 6.93. The zero-order chi connectivity index (χ0) is 14.7. The third-order valence-electron chi connectivity index (χ3n) is 3.66. The number of benzene rings is 1. The summed E-state index contributed by atoms with van der Waals surface area (Å²) in [5.41, 5.74) is 2.19. The molecule has 1 aromatic carbocycles. The molecular formula is C16H18N2O3. The Morgan fingerprint density at radius 1 is 1.19 bits per heavy atom. The molecule has 0 saturated heterocycles. The van der Waals surface area contributed by atoms with Crippen LogP contribution in [0.1, 0.15) is 11.3 Å². The Bertz CT molecular complexity index is 631. The van der Waals surface area contributed by atoms with E-state index in [2.05, 4.69) is 16.0 Å². The molecule has 1 atom stereocenters. The van der Waals surface area contributed by atoms with Crippen LogP contribution in [0.2, 0.25) is 0 Å². The third kappa shape index (κ3) is 3.07.